The second-order valence-corrected chi connectivity index (χ2v) is 5.96. The van der Waals surface area contributed by atoms with Crippen molar-refractivity contribution in [1.29, 1.82) is 0 Å². The number of piperidine rings is 1. The topological polar surface area (TPSA) is 95.9 Å². The molecule has 0 aromatic carbocycles. The van der Waals surface area contributed by atoms with E-state index in [2.05, 4.69) is 4.72 Å². The van der Waals surface area contributed by atoms with E-state index in [1.54, 1.807) is 0 Å². The van der Waals surface area contributed by atoms with Gasteiger partial charge in [-0.25, -0.2) is 0 Å². The van der Waals surface area contributed by atoms with E-state index in [9.17, 15) is 13.2 Å². The van der Waals surface area contributed by atoms with Crippen LogP contribution in [0.1, 0.15) is 25.7 Å². The van der Waals surface area contributed by atoms with Gasteiger partial charge in [0, 0.05) is 26.2 Å². The highest BCUT2D eigenvalue weighted by Gasteiger charge is 2.33. The lowest BCUT2D eigenvalue weighted by atomic mass is 10.0. The summed E-state index contributed by atoms with van der Waals surface area (Å²) in [5, 5.41) is 8.80. The zero-order chi connectivity index (χ0) is 13.6. The van der Waals surface area contributed by atoms with Gasteiger partial charge in [0.1, 0.15) is 0 Å². The minimum atomic E-state index is -3.61. The molecule has 18 heavy (non-hydrogen) atoms. The maximum absolute atomic E-state index is 12.0. The molecule has 1 unspecified atom stereocenters. The lowest BCUT2D eigenvalue weighted by Gasteiger charge is -2.33. The van der Waals surface area contributed by atoms with Crippen LogP contribution in [-0.4, -0.2) is 56.6 Å². The number of ether oxygens (including phenoxy) is 1. The molecule has 1 heterocycles. The van der Waals surface area contributed by atoms with Crippen molar-refractivity contribution in [3.05, 3.63) is 0 Å². The molecule has 2 N–H and O–H groups in total. The zero-order valence-corrected chi connectivity index (χ0v) is 11.3. The number of carboxylic acids is 1. The Kier molecular flexibility index (Phi) is 6.00. The summed E-state index contributed by atoms with van der Waals surface area (Å²) in [6.07, 6.45) is 2.08. The number of hydrogen-bond donors (Lipinski definition) is 2. The maximum Gasteiger partial charge on any atom is 0.304 e. The summed E-state index contributed by atoms with van der Waals surface area (Å²) >= 11 is 0. The average Bonchev–Trinajstić information content (AvgIpc) is 2.29. The van der Waals surface area contributed by atoms with E-state index < -0.39 is 22.2 Å². The Morgan fingerprint density at radius 1 is 1.50 bits per heavy atom. The van der Waals surface area contributed by atoms with Gasteiger partial charge in [-0.1, -0.05) is 6.42 Å². The van der Waals surface area contributed by atoms with Gasteiger partial charge in [0.15, 0.2) is 0 Å². The number of carbonyl (C=O) groups is 1. The monoisotopic (exact) mass is 280 g/mol. The first kappa shape index (κ1) is 15.4. The van der Waals surface area contributed by atoms with E-state index in [1.807, 2.05) is 0 Å². The molecule has 1 aliphatic heterocycles. The van der Waals surface area contributed by atoms with Gasteiger partial charge in [-0.3, -0.25) is 4.79 Å². The molecular formula is C10H20N2O5S. The predicted molar refractivity (Wildman–Crippen MR) is 65.4 cm³/mol. The minimum absolute atomic E-state index is 0.148. The van der Waals surface area contributed by atoms with Crippen LogP contribution in [0.2, 0.25) is 0 Å². The predicted octanol–water partition coefficient (Wildman–Crippen LogP) is -0.204. The van der Waals surface area contributed by atoms with Crippen molar-refractivity contribution in [3.8, 4) is 0 Å². The third-order valence-electron chi connectivity index (χ3n) is 2.88. The summed E-state index contributed by atoms with van der Waals surface area (Å²) in [4.78, 5) is 10.7. The van der Waals surface area contributed by atoms with Crippen LogP contribution in [0.5, 0.6) is 0 Å². The maximum atomic E-state index is 12.0. The van der Waals surface area contributed by atoms with Gasteiger partial charge in [-0.05, 0) is 12.8 Å². The fourth-order valence-corrected chi connectivity index (χ4v) is 3.50. The van der Waals surface area contributed by atoms with Crippen molar-refractivity contribution in [2.45, 2.75) is 31.7 Å². The number of methoxy groups -OCH3 is 1. The van der Waals surface area contributed by atoms with Gasteiger partial charge >= 0.3 is 5.97 Å². The van der Waals surface area contributed by atoms with Crippen LogP contribution in [-0.2, 0) is 19.7 Å². The summed E-state index contributed by atoms with van der Waals surface area (Å²) in [6.45, 7) is 0.853. The molecule has 0 spiro atoms. The summed E-state index contributed by atoms with van der Waals surface area (Å²) in [5.74, 6) is -0.973. The zero-order valence-electron chi connectivity index (χ0n) is 10.5. The van der Waals surface area contributed by atoms with Crippen molar-refractivity contribution in [1.82, 2.24) is 9.03 Å². The summed E-state index contributed by atoms with van der Waals surface area (Å²) in [7, 11) is -2.12. The Morgan fingerprint density at radius 3 is 2.83 bits per heavy atom. The molecular weight excluding hydrogens is 260 g/mol. The Labute approximate surface area is 107 Å². The van der Waals surface area contributed by atoms with Gasteiger partial charge in [0.05, 0.1) is 13.0 Å². The standard InChI is InChI=1S/C10H20N2O5S/c1-17-7-5-11-18(15,16)12-6-3-2-4-9(12)8-10(13)14/h9,11H,2-8H2,1H3,(H,13,14). The third kappa shape index (κ3) is 4.52. The number of aliphatic carboxylic acids is 1. The molecule has 0 radical (unpaired) electrons. The van der Waals surface area contributed by atoms with Gasteiger partial charge < -0.3 is 9.84 Å². The average molecular weight is 280 g/mol. The Bertz CT molecular complexity index is 370. The van der Waals surface area contributed by atoms with E-state index in [0.29, 0.717) is 13.0 Å². The Morgan fingerprint density at radius 2 is 2.22 bits per heavy atom. The molecule has 0 bridgehead atoms. The van der Waals surface area contributed by atoms with Gasteiger partial charge in [0.25, 0.3) is 10.2 Å². The van der Waals surface area contributed by atoms with Crippen molar-refractivity contribution in [3.63, 3.8) is 0 Å². The minimum Gasteiger partial charge on any atom is -0.481 e. The molecule has 0 aromatic rings. The Hall–Kier alpha value is -0.700. The summed E-state index contributed by atoms with van der Waals surface area (Å²) < 4.78 is 32.5. The normalized spacial score (nSPS) is 21.9. The number of nitrogens with zero attached hydrogens (tertiary/aromatic N) is 1. The molecule has 0 aromatic heterocycles. The second-order valence-electron chi connectivity index (χ2n) is 4.25. The van der Waals surface area contributed by atoms with Crippen LogP contribution in [0.25, 0.3) is 0 Å². The third-order valence-corrected chi connectivity index (χ3v) is 4.55. The van der Waals surface area contributed by atoms with Crippen LogP contribution in [0, 0.1) is 0 Å². The quantitative estimate of drug-likeness (QED) is 0.629. The van der Waals surface area contributed by atoms with E-state index in [0.717, 1.165) is 12.8 Å². The fourth-order valence-electron chi connectivity index (χ4n) is 2.05. The first-order chi connectivity index (χ1) is 8.47. The number of carboxylic acid groups (broad SMARTS) is 1. The number of nitrogens with one attached hydrogen (secondary N) is 1. The molecule has 1 rings (SSSR count). The largest absolute Gasteiger partial charge is 0.481 e. The molecule has 7 nitrogen and oxygen atoms in total. The van der Waals surface area contributed by atoms with Crippen LogP contribution >= 0.6 is 0 Å². The molecule has 8 heteroatoms. The van der Waals surface area contributed by atoms with Gasteiger partial charge in [0.2, 0.25) is 0 Å². The van der Waals surface area contributed by atoms with E-state index in [1.165, 1.54) is 11.4 Å². The van der Waals surface area contributed by atoms with E-state index >= 15 is 0 Å². The molecule has 0 saturated carbocycles. The molecule has 1 atom stereocenters. The SMILES string of the molecule is COCCNS(=O)(=O)N1CCCCC1CC(=O)O. The highest BCUT2D eigenvalue weighted by atomic mass is 32.2. The number of hydrogen-bond acceptors (Lipinski definition) is 4. The van der Waals surface area contributed by atoms with Crippen molar-refractivity contribution in [2.24, 2.45) is 0 Å². The van der Waals surface area contributed by atoms with Crippen LogP contribution in [0.15, 0.2) is 0 Å². The molecule has 106 valence electrons. The molecule has 1 fully saturated rings. The fraction of sp³-hybridized carbons (Fsp3) is 0.900. The molecule has 1 saturated heterocycles. The second kappa shape index (κ2) is 7.03. The summed E-state index contributed by atoms with van der Waals surface area (Å²) in [6, 6.07) is -0.448. The van der Waals surface area contributed by atoms with Crippen LogP contribution in [0.4, 0.5) is 0 Å². The van der Waals surface area contributed by atoms with Gasteiger partial charge in [-0.15, -0.1) is 0 Å². The van der Waals surface area contributed by atoms with Crippen molar-refractivity contribution >= 4 is 16.2 Å². The highest BCUT2D eigenvalue weighted by molar-refractivity contribution is 7.87. The first-order valence-electron chi connectivity index (χ1n) is 5.94. The van der Waals surface area contributed by atoms with Crippen molar-refractivity contribution < 1.29 is 23.1 Å². The van der Waals surface area contributed by atoms with E-state index in [4.69, 9.17) is 9.84 Å². The molecule has 0 aliphatic carbocycles. The lowest BCUT2D eigenvalue weighted by Crippen LogP contribution is -2.50. The number of rotatable bonds is 7. The lowest BCUT2D eigenvalue weighted by molar-refractivity contribution is -0.138. The van der Waals surface area contributed by atoms with Crippen LogP contribution in [0.3, 0.4) is 0 Å². The van der Waals surface area contributed by atoms with Crippen molar-refractivity contribution in [2.75, 3.05) is 26.8 Å². The van der Waals surface area contributed by atoms with Crippen LogP contribution < -0.4 is 4.72 Å². The smallest absolute Gasteiger partial charge is 0.304 e. The molecule has 1 aliphatic rings. The molecule has 0 amide bonds. The van der Waals surface area contributed by atoms with Gasteiger partial charge in [-0.2, -0.15) is 17.4 Å². The Balaban J connectivity index is 2.66. The van der Waals surface area contributed by atoms with E-state index in [-0.39, 0.29) is 19.6 Å². The highest BCUT2D eigenvalue weighted by Crippen LogP contribution is 2.22. The first-order valence-corrected chi connectivity index (χ1v) is 7.38. The summed E-state index contributed by atoms with van der Waals surface area (Å²) in [5.41, 5.74) is 0.